The second-order valence-electron chi connectivity index (χ2n) is 16.2. The smallest absolute Gasteiger partial charge is 0.333 e. The number of phenolic OH excluding ortho intramolecular Hbond substituents is 1. The lowest BCUT2D eigenvalue weighted by atomic mass is 9.73. The summed E-state index contributed by atoms with van der Waals surface area (Å²) in [6, 6.07) is 4.91. The van der Waals surface area contributed by atoms with Crippen LogP contribution in [0.5, 0.6) is 34.5 Å². The third kappa shape index (κ3) is 5.05. The average molecular weight is 815 g/mol. The highest BCUT2D eigenvalue weighted by Crippen LogP contribution is 2.64. The predicted molar refractivity (Wildman–Crippen MR) is 211 cm³/mol. The van der Waals surface area contributed by atoms with Gasteiger partial charge in [0.15, 0.2) is 28.5 Å². The van der Waals surface area contributed by atoms with E-state index in [1.165, 1.54) is 25.8 Å². The maximum absolute atomic E-state index is 15.0. The van der Waals surface area contributed by atoms with E-state index in [0.717, 1.165) is 27.6 Å². The van der Waals surface area contributed by atoms with Gasteiger partial charge in [-0.05, 0) is 68.6 Å². The van der Waals surface area contributed by atoms with Crippen molar-refractivity contribution in [2.45, 2.75) is 80.8 Å². The molecule has 1 spiro atoms. The summed E-state index contributed by atoms with van der Waals surface area (Å²) in [5.41, 5.74) is 5.08. The molecule has 0 radical (unpaired) electrons. The Hall–Kier alpha value is -4.71. The van der Waals surface area contributed by atoms with Gasteiger partial charge in [0.1, 0.15) is 24.3 Å². The largest absolute Gasteiger partial charge is 0.504 e. The number of nitrogens with zero attached hydrogens (tertiary/aromatic N) is 2. The molecule has 0 aliphatic carbocycles. The fourth-order valence-corrected chi connectivity index (χ4v) is 12.5. The summed E-state index contributed by atoms with van der Waals surface area (Å²) in [6.07, 6.45) is -0.174. The summed E-state index contributed by atoms with van der Waals surface area (Å²) >= 11 is 1.46. The van der Waals surface area contributed by atoms with Crippen molar-refractivity contribution < 1.29 is 53.3 Å². The molecule has 58 heavy (non-hydrogen) atoms. The molecule has 8 atom stereocenters. The van der Waals surface area contributed by atoms with Crippen LogP contribution in [0.1, 0.15) is 68.9 Å². The zero-order valence-electron chi connectivity index (χ0n) is 33.0. The number of aromatic amines is 1. The molecule has 5 N–H and O–H groups in total. The summed E-state index contributed by atoms with van der Waals surface area (Å²) in [5, 5.41) is 39.2. The number of aromatic hydroxyl groups is 1. The first kappa shape index (κ1) is 37.6. The lowest BCUT2D eigenvalue weighted by molar-refractivity contribution is -0.186. The van der Waals surface area contributed by atoms with E-state index in [4.69, 9.17) is 28.4 Å². The fraction of sp³-hybridized carbons (Fsp3) is 0.476. The molecule has 8 heterocycles. The number of aliphatic hydroxyl groups excluding tert-OH is 2. The number of rotatable bonds is 4. The number of aliphatic hydroxyl groups is 2. The lowest BCUT2D eigenvalue weighted by Crippen LogP contribution is -2.70. The summed E-state index contributed by atoms with van der Waals surface area (Å²) in [4.78, 5) is 35.7. The van der Waals surface area contributed by atoms with Gasteiger partial charge in [0.2, 0.25) is 6.79 Å². The van der Waals surface area contributed by atoms with Crippen LogP contribution in [0.25, 0.3) is 10.9 Å². The van der Waals surface area contributed by atoms with E-state index in [0.29, 0.717) is 69.5 Å². The molecule has 4 bridgehead atoms. The number of H-pyrrole nitrogens is 1. The monoisotopic (exact) mass is 814 g/mol. The average Bonchev–Trinajstić information content (AvgIpc) is 3.85. The minimum atomic E-state index is -1.47. The quantitative estimate of drug-likeness (QED) is 0.149. The van der Waals surface area contributed by atoms with Gasteiger partial charge < -0.3 is 48.7 Å². The summed E-state index contributed by atoms with van der Waals surface area (Å²) < 4.78 is 36.2. The maximum Gasteiger partial charge on any atom is 0.333 e. The number of benzene rings is 3. The van der Waals surface area contributed by atoms with Crippen LogP contribution in [0.4, 0.5) is 0 Å². The summed E-state index contributed by atoms with van der Waals surface area (Å²) in [7, 11) is 5.10. The minimum absolute atomic E-state index is 0.0326. The van der Waals surface area contributed by atoms with Crippen molar-refractivity contribution in [1.29, 1.82) is 0 Å². The number of aryl methyl sites for hydroxylation is 1. The number of nitrogens with one attached hydrogen (secondary N) is 2. The molecule has 2 saturated heterocycles. The first-order chi connectivity index (χ1) is 27.9. The van der Waals surface area contributed by atoms with E-state index in [1.54, 1.807) is 7.11 Å². The number of likely N-dealkylation sites (N-methyl/N-ethyl adjacent to an activating group) is 1. The van der Waals surface area contributed by atoms with Crippen LogP contribution in [0.2, 0.25) is 0 Å². The van der Waals surface area contributed by atoms with Gasteiger partial charge >= 0.3 is 11.9 Å². The predicted octanol–water partition coefficient (Wildman–Crippen LogP) is 3.55. The van der Waals surface area contributed by atoms with Gasteiger partial charge in [0.25, 0.3) is 0 Å². The normalized spacial score (nSPS) is 29.7. The Morgan fingerprint density at radius 2 is 1.84 bits per heavy atom. The Morgan fingerprint density at radius 1 is 1.05 bits per heavy atom. The van der Waals surface area contributed by atoms with Crippen molar-refractivity contribution >= 4 is 34.6 Å². The Balaban J connectivity index is 1.24. The Bertz CT molecular complexity index is 2420. The van der Waals surface area contributed by atoms with Crippen molar-refractivity contribution in [3.05, 3.63) is 68.9 Å². The Morgan fingerprint density at radius 3 is 2.59 bits per heavy atom. The molecule has 4 aromatic rings. The van der Waals surface area contributed by atoms with Crippen LogP contribution in [-0.4, -0.2) is 113 Å². The van der Waals surface area contributed by atoms with E-state index < -0.39 is 59.2 Å². The van der Waals surface area contributed by atoms with Crippen molar-refractivity contribution in [1.82, 2.24) is 20.1 Å². The molecule has 2 fully saturated rings. The highest BCUT2D eigenvalue weighted by Gasteiger charge is 2.62. The molecule has 15 nitrogen and oxygen atoms in total. The number of carbonyl (C=O) groups is 2. The molecule has 3 aromatic carbocycles. The summed E-state index contributed by atoms with van der Waals surface area (Å²) in [5.74, 6) is 1.28. The van der Waals surface area contributed by atoms with Crippen LogP contribution in [0.15, 0.2) is 24.3 Å². The number of ether oxygens (including phenoxy) is 6. The second kappa shape index (κ2) is 13.4. The van der Waals surface area contributed by atoms with Gasteiger partial charge in [-0.15, -0.1) is 11.8 Å². The number of phenols is 1. The maximum atomic E-state index is 15.0. The van der Waals surface area contributed by atoms with Gasteiger partial charge in [-0.1, -0.05) is 6.07 Å². The Labute approximate surface area is 338 Å². The van der Waals surface area contributed by atoms with E-state index in [2.05, 4.69) is 15.2 Å². The number of hydrogen-bond acceptors (Lipinski definition) is 15. The standard InChI is InChI=1S/C42H46N4O11S/c1-17-9-20-10-26-40(50)46-27-14-54-41(51)42(39-24(11-21(13-47)44-42)23-12-22(52-5)7-8-25(23)43-39)15-58-38(32(46)31(45(26)4)28(20)33(49)34(17)53-6)30-29(27)37-36(55-16-56-37)18(2)35(30)57-19(3)48/h7-9,12,21,26-27,31-32,38,40,43-44,47,49-50H,10-11,13-16H2,1-6H3/t21-,26+,27?,31-,32-,38-,40+,42-/m1/s1. The van der Waals surface area contributed by atoms with Crippen LogP contribution in [0, 0.1) is 13.8 Å². The number of fused-ring (bicyclic) bond motifs is 11. The van der Waals surface area contributed by atoms with E-state index >= 15 is 4.79 Å². The second-order valence-corrected chi connectivity index (χ2v) is 17.3. The summed E-state index contributed by atoms with van der Waals surface area (Å²) in [6.45, 7) is 4.55. The van der Waals surface area contributed by atoms with Crippen molar-refractivity contribution in [2.75, 3.05) is 47.0 Å². The third-order valence-electron chi connectivity index (χ3n) is 13.2. The van der Waals surface area contributed by atoms with Crippen molar-refractivity contribution in [3.8, 4) is 34.5 Å². The number of esters is 2. The fourth-order valence-electron chi connectivity index (χ4n) is 10.8. The highest BCUT2D eigenvalue weighted by molar-refractivity contribution is 7.99. The van der Waals surface area contributed by atoms with Crippen LogP contribution < -0.4 is 29.0 Å². The van der Waals surface area contributed by atoms with Gasteiger partial charge in [-0.3, -0.25) is 19.9 Å². The van der Waals surface area contributed by atoms with Crippen LogP contribution >= 0.6 is 11.8 Å². The zero-order valence-corrected chi connectivity index (χ0v) is 33.8. The number of methoxy groups -OCH3 is 2. The molecular weight excluding hydrogens is 769 g/mol. The van der Waals surface area contributed by atoms with E-state index in [1.807, 2.05) is 50.1 Å². The lowest BCUT2D eigenvalue weighted by Gasteiger charge is -2.62. The minimum Gasteiger partial charge on any atom is -0.504 e. The van der Waals surface area contributed by atoms with Gasteiger partial charge in [0.05, 0.1) is 49.9 Å². The van der Waals surface area contributed by atoms with E-state index in [-0.39, 0.29) is 31.5 Å². The first-order valence-electron chi connectivity index (χ1n) is 19.5. The molecule has 1 aromatic heterocycles. The third-order valence-corrected chi connectivity index (χ3v) is 14.7. The molecule has 16 heteroatoms. The SMILES string of the molecule is COc1ccc2[nH]c3c(c2c1)C[C@H](CO)N[C@]31CS[C@@H]2c3c(OC(C)=O)c(C)c4c(c3C(COC1=O)N1[C@@H]2[C@H]2c3c(cc(C)c(OC)c3O)C[C@@H]([C@@H]1O)N2C)OCO4. The number of carbonyl (C=O) groups excluding carboxylic acids is 2. The Kier molecular flexibility index (Phi) is 8.68. The highest BCUT2D eigenvalue weighted by atomic mass is 32.2. The molecule has 1 unspecified atom stereocenters. The number of piperazine rings is 1. The zero-order chi connectivity index (χ0) is 40.5. The number of hydrogen-bond donors (Lipinski definition) is 5. The van der Waals surface area contributed by atoms with Crippen molar-refractivity contribution in [2.24, 2.45) is 0 Å². The number of thioether (sulfide) groups is 1. The number of aromatic nitrogens is 1. The molecule has 0 amide bonds. The molecule has 306 valence electrons. The molecule has 7 aliphatic rings. The van der Waals surface area contributed by atoms with E-state index in [9.17, 15) is 20.1 Å². The van der Waals surface area contributed by atoms with Crippen LogP contribution in [-0.2, 0) is 32.7 Å². The molecule has 7 aliphatic heterocycles. The van der Waals surface area contributed by atoms with Gasteiger partial charge in [-0.2, -0.15) is 0 Å². The first-order valence-corrected chi connectivity index (χ1v) is 20.5. The van der Waals surface area contributed by atoms with Crippen molar-refractivity contribution in [3.63, 3.8) is 0 Å². The molecule has 11 rings (SSSR count). The molecular formula is C42H46N4O11S. The van der Waals surface area contributed by atoms with Crippen LogP contribution in [0.3, 0.4) is 0 Å². The van der Waals surface area contributed by atoms with Gasteiger partial charge in [-0.25, -0.2) is 4.79 Å². The molecule has 0 saturated carbocycles. The topological polar surface area (TPSA) is 185 Å². The van der Waals surface area contributed by atoms with Gasteiger partial charge in [0, 0.05) is 57.9 Å².